The monoisotopic (exact) mass is 229 g/mol. The summed E-state index contributed by atoms with van der Waals surface area (Å²) < 4.78 is 22.4. The smallest absolute Gasteiger partial charge is 0.150 e. The molecule has 2 N–H and O–H groups in total. The Kier molecular flexibility index (Phi) is 3.06. The van der Waals surface area contributed by atoms with E-state index in [1.54, 1.807) is 6.20 Å². The molecule has 0 aliphatic carbocycles. The lowest BCUT2D eigenvalue weighted by molar-refractivity contribution is 0.517. The Morgan fingerprint density at radius 2 is 2.47 bits per heavy atom. The molecule has 2 rings (SSSR count). The van der Waals surface area contributed by atoms with Gasteiger partial charge in [-0.1, -0.05) is 0 Å². The lowest BCUT2D eigenvalue weighted by Gasteiger charge is -2.07. The first kappa shape index (κ1) is 10.6. The lowest BCUT2D eigenvalue weighted by atomic mass is 10.1. The van der Waals surface area contributed by atoms with Crippen LogP contribution in [0.2, 0.25) is 0 Å². The lowest BCUT2D eigenvalue weighted by Crippen LogP contribution is -2.23. The molecule has 1 saturated heterocycles. The highest BCUT2D eigenvalue weighted by Gasteiger charge is 2.27. The molecule has 1 unspecified atom stereocenters. The van der Waals surface area contributed by atoms with Crippen molar-refractivity contribution in [3.63, 3.8) is 0 Å². The first-order chi connectivity index (χ1) is 7.16. The maximum Gasteiger partial charge on any atom is 0.150 e. The minimum atomic E-state index is -2.74. The fraction of sp³-hybridized carbons (Fsp3) is 0.667. The van der Waals surface area contributed by atoms with E-state index in [-0.39, 0.29) is 5.92 Å². The molecule has 0 bridgehead atoms. The molecule has 0 radical (unpaired) electrons. The summed E-state index contributed by atoms with van der Waals surface area (Å²) in [5.41, 5.74) is 1.02. The average Bonchev–Trinajstić information content (AvgIpc) is 2.76. The van der Waals surface area contributed by atoms with Crippen LogP contribution in [0.15, 0.2) is 12.3 Å². The van der Waals surface area contributed by atoms with Crippen molar-refractivity contribution >= 4 is 9.84 Å². The number of nitrogens with zero attached hydrogens (tertiary/aromatic N) is 1. The van der Waals surface area contributed by atoms with Gasteiger partial charge in [0.1, 0.15) is 0 Å². The molecular weight excluding hydrogens is 214 g/mol. The third-order valence-corrected chi connectivity index (χ3v) is 4.47. The Morgan fingerprint density at radius 3 is 3.07 bits per heavy atom. The zero-order chi connectivity index (χ0) is 10.7. The summed E-state index contributed by atoms with van der Waals surface area (Å²) in [4.78, 5) is 0. The van der Waals surface area contributed by atoms with Crippen molar-refractivity contribution in [1.29, 1.82) is 0 Å². The van der Waals surface area contributed by atoms with Gasteiger partial charge in [-0.3, -0.25) is 5.10 Å². The second-order valence-electron chi connectivity index (χ2n) is 3.98. The van der Waals surface area contributed by atoms with E-state index in [0.717, 1.165) is 25.2 Å². The second-order valence-corrected chi connectivity index (χ2v) is 6.21. The molecule has 0 saturated carbocycles. The third-order valence-electron chi connectivity index (χ3n) is 2.63. The number of aromatic amines is 1. The van der Waals surface area contributed by atoms with E-state index in [0.29, 0.717) is 11.5 Å². The van der Waals surface area contributed by atoms with Crippen LogP contribution >= 0.6 is 0 Å². The molecule has 1 fully saturated rings. The summed E-state index contributed by atoms with van der Waals surface area (Å²) >= 11 is 0. The van der Waals surface area contributed by atoms with Crippen molar-refractivity contribution in [2.45, 2.75) is 13.0 Å². The van der Waals surface area contributed by atoms with Crippen LogP contribution in [0.25, 0.3) is 0 Å². The van der Waals surface area contributed by atoms with Crippen LogP contribution in [0.1, 0.15) is 12.1 Å². The molecule has 0 aromatic carbocycles. The Morgan fingerprint density at radius 1 is 1.60 bits per heavy atom. The number of aromatic nitrogens is 2. The molecule has 0 amide bonds. The van der Waals surface area contributed by atoms with Gasteiger partial charge >= 0.3 is 0 Å². The summed E-state index contributed by atoms with van der Waals surface area (Å²) in [7, 11) is -2.74. The van der Waals surface area contributed by atoms with Crippen LogP contribution in [0.4, 0.5) is 0 Å². The predicted molar refractivity (Wildman–Crippen MR) is 57.1 cm³/mol. The van der Waals surface area contributed by atoms with Gasteiger partial charge in [0.05, 0.1) is 11.5 Å². The highest BCUT2D eigenvalue weighted by atomic mass is 32.2. The largest absolute Gasteiger partial charge is 0.311 e. The molecule has 5 nitrogen and oxygen atoms in total. The van der Waals surface area contributed by atoms with Crippen molar-refractivity contribution in [1.82, 2.24) is 15.5 Å². The highest BCUT2D eigenvalue weighted by Crippen LogP contribution is 2.17. The van der Waals surface area contributed by atoms with E-state index in [2.05, 4.69) is 15.5 Å². The molecule has 1 aliphatic heterocycles. The van der Waals surface area contributed by atoms with Gasteiger partial charge in [-0.15, -0.1) is 0 Å². The maximum absolute atomic E-state index is 11.2. The van der Waals surface area contributed by atoms with E-state index >= 15 is 0 Å². The van der Waals surface area contributed by atoms with Gasteiger partial charge in [0.25, 0.3) is 0 Å². The van der Waals surface area contributed by atoms with Gasteiger partial charge in [0.2, 0.25) is 0 Å². The topological polar surface area (TPSA) is 74.8 Å². The zero-order valence-electron chi connectivity index (χ0n) is 8.44. The van der Waals surface area contributed by atoms with Crippen molar-refractivity contribution in [3.8, 4) is 0 Å². The summed E-state index contributed by atoms with van der Waals surface area (Å²) in [6.07, 6.45) is 2.50. The third kappa shape index (κ3) is 3.04. The first-order valence-electron chi connectivity index (χ1n) is 5.05. The molecule has 1 aromatic rings. The van der Waals surface area contributed by atoms with Gasteiger partial charge in [0, 0.05) is 18.4 Å². The molecule has 0 spiro atoms. The summed E-state index contributed by atoms with van der Waals surface area (Å²) in [6, 6.07) is 1.90. The van der Waals surface area contributed by atoms with Crippen LogP contribution in [0, 0.1) is 5.92 Å². The van der Waals surface area contributed by atoms with Gasteiger partial charge in [-0.25, -0.2) is 8.42 Å². The molecule has 2 heterocycles. The summed E-state index contributed by atoms with van der Waals surface area (Å²) in [6.45, 7) is 1.48. The molecule has 1 atom stereocenters. The number of nitrogens with one attached hydrogen (secondary N) is 2. The Labute approximate surface area is 89.2 Å². The highest BCUT2D eigenvalue weighted by molar-refractivity contribution is 7.91. The Hall–Kier alpha value is -0.880. The van der Waals surface area contributed by atoms with Crippen LogP contribution in [0.3, 0.4) is 0 Å². The molecule has 1 aliphatic rings. The Bertz CT molecular complexity index is 399. The quantitative estimate of drug-likeness (QED) is 0.758. The number of rotatable bonds is 4. The molecule has 6 heteroatoms. The van der Waals surface area contributed by atoms with Crippen LogP contribution in [0.5, 0.6) is 0 Å². The minimum absolute atomic E-state index is 0.276. The average molecular weight is 229 g/mol. The molecule has 84 valence electrons. The molecular formula is C9H15N3O2S. The molecule has 1 aromatic heterocycles. The van der Waals surface area contributed by atoms with E-state index in [1.165, 1.54) is 0 Å². The van der Waals surface area contributed by atoms with Crippen LogP contribution < -0.4 is 5.32 Å². The van der Waals surface area contributed by atoms with Crippen molar-refractivity contribution < 1.29 is 8.42 Å². The minimum Gasteiger partial charge on any atom is -0.311 e. The van der Waals surface area contributed by atoms with Crippen LogP contribution in [-0.2, 0) is 16.4 Å². The van der Waals surface area contributed by atoms with Crippen molar-refractivity contribution in [2.24, 2.45) is 5.92 Å². The van der Waals surface area contributed by atoms with Gasteiger partial charge in [-0.05, 0) is 24.9 Å². The first-order valence-corrected chi connectivity index (χ1v) is 6.87. The normalized spacial score (nSPS) is 24.4. The second kappa shape index (κ2) is 4.32. The number of hydrogen-bond donors (Lipinski definition) is 2. The number of hydrogen-bond acceptors (Lipinski definition) is 4. The SMILES string of the molecule is O=S1(=O)CCC(CNCc2ccn[nH]2)C1. The van der Waals surface area contributed by atoms with Crippen molar-refractivity contribution in [3.05, 3.63) is 18.0 Å². The molecule has 15 heavy (non-hydrogen) atoms. The summed E-state index contributed by atoms with van der Waals surface area (Å²) in [5, 5.41) is 9.91. The Balaban J connectivity index is 1.71. The number of sulfone groups is 1. The van der Waals surface area contributed by atoms with Gasteiger partial charge < -0.3 is 5.32 Å². The summed E-state index contributed by atoms with van der Waals surface area (Å²) in [5.74, 6) is 0.963. The maximum atomic E-state index is 11.2. The predicted octanol–water partition coefficient (Wildman–Crippen LogP) is -0.0660. The van der Waals surface area contributed by atoms with E-state index in [4.69, 9.17) is 0 Å². The number of H-pyrrole nitrogens is 1. The van der Waals surface area contributed by atoms with Crippen molar-refractivity contribution in [2.75, 3.05) is 18.1 Å². The fourth-order valence-electron chi connectivity index (χ4n) is 1.83. The van der Waals surface area contributed by atoms with Gasteiger partial charge in [-0.2, -0.15) is 5.10 Å². The standard InChI is InChI=1S/C9H15N3O2S/c13-15(14)4-2-8(7-15)5-10-6-9-1-3-11-12-9/h1,3,8,10H,2,4-7H2,(H,11,12). The van der Waals surface area contributed by atoms with E-state index in [9.17, 15) is 8.42 Å². The van der Waals surface area contributed by atoms with E-state index < -0.39 is 9.84 Å². The van der Waals surface area contributed by atoms with E-state index in [1.807, 2.05) is 6.07 Å². The van der Waals surface area contributed by atoms with Gasteiger partial charge in [0.15, 0.2) is 9.84 Å². The van der Waals surface area contributed by atoms with Crippen LogP contribution in [-0.4, -0.2) is 36.7 Å². The fourth-order valence-corrected chi connectivity index (χ4v) is 3.69. The zero-order valence-corrected chi connectivity index (χ0v) is 9.26.